The molecule has 6 heteroatoms. The van der Waals surface area contributed by atoms with Crippen molar-refractivity contribution >= 4 is 23.1 Å². The largest absolute Gasteiger partial charge is 0.341 e. The molecule has 0 aliphatic carbocycles. The number of thiocarbonyl (C=S) groups is 1. The van der Waals surface area contributed by atoms with Gasteiger partial charge < -0.3 is 14.4 Å². The van der Waals surface area contributed by atoms with Gasteiger partial charge in [-0.1, -0.05) is 0 Å². The third-order valence-corrected chi connectivity index (χ3v) is 4.53. The van der Waals surface area contributed by atoms with Gasteiger partial charge in [0.2, 0.25) is 0 Å². The first-order chi connectivity index (χ1) is 9.19. The van der Waals surface area contributed by atoms with Crippen molar-refractivity contribution in [2.24, 2.45) is 0 Å². The zero-order chi connectivity index (χ0) is 13.6. The number of fused-ring (bicyclic) bond motifs is 3. The van der Waals surface area contributed by atoms with Crippen molar-refractivity contribution in [3.63, 3.8) is 0 Å². The van der Waals surface area contributed by atoms with Crippen molar-refractivity contribution in [2.45, 2.75) is 39.3 Å². The molecule has 102 valence electrons. The molecule has 1 aromatic heterocycles. The SMILES string of the molecule is CCN1C(=S)N2CCCC2c2c1ncn(CC)c2=N. The average Bonchev–Trinajstić information content (AvgIpc) is 2.89. The van der Waals surface area contributed by atoms with Crippen molar-refractivity contribution in [1.82, 2.24) is 14.5 Å². The second-order valence-corrected chi connectivity index (χ2v) is 5.36. The van der Waals surface area contributed by atoms with Crippen LogP contribution in [0.5, 0.6) is 0 Å². The molecule has 1 unspecified atom stereocenters. The number of hydrogen-bond acceptors (Lipinski definition) is 3. The van der Waals surface area contributed by atoms with Gasteiger partial charge in [-0.2, -0.15) is 0 Å². The molecule has 2 aliphatic rings. The minimum Gasteiger partial charge on any atom is -0.341 e. The van der Waals surface area contributed by atoms with Crippen molar-refractivity contribution in [3.8, 4) is 0 Å². The van der Waals surface area contributed by atoms with E-state index in [-0.39, 0.29) is 6.04 Å². The molecule has 0 aromatic carbocycles. The molecule has 0 radical (unpaired) electrons. The van der Waals surface area contributed by atoms with E-state index in [0.29, 0.717) is 5.49 Å². The molecule has 0 spiro atoms. The summed E-state index contributed by atoms with van der Waals surface area (Å²) in [6.07, 6.45) is 3.98. The van der Waals surface area contributed by atoms with E-state index in [4.69, 9.17) is 17.6 Å². The maximum absolute atomic E-state index is 8.43. The highest BCUT2D eigenvalue weighted by atomic mass is 32.1. The van der Waals surface area contributed by atoms with E-state index >= 15 is 0 Å². The molecule has 3 rings (SSSR count). The molecule has 0 amide bonds. The molecule has 0 saturated carbocycles. The Balaban J connectivity index is 2.23. The van der Waals surface area contributed by atoms with E-state index in [9.17, 15) is 0 Å². The van der Waals surface area contributed by atoms with Crippen LogP contribution in [0.2, 0.25) is 0 Å². The maximum Gasteiger partial charge on any atom is 0.177 e. The van der Waals surface area contributed by atoms with Crippen LogP contribution in [0.3, 0.4) is 0 Å². The zero-order valence-electron chi connectivity index (χ0n) is 11.4. The van der Waals surface area contributed by atoms with Gasteiger partial charge in [0.15, 0.2) is 5.11 Å². The summed E-state index contributed by atoms with van der Waals surface area (Å²) in [4.78, 5) is 8.89. The van der Waals surface area contributed by atoms with Gasteiger partial charge in [0.05, 0.1) is 17.9 Å². The van der Waals surface area contributed by atoms with Gasteiger partial charge >= 0.3 is 0 Å². The number of nitrogens with one attached hydrogen (secondary N) is 1. The lowest BCUT2D eigenvalue weighted by Crippen LogP contribution is -2.50. The molecule has 1 saturated heterocycles. The van der Waals surface area contributed by atoms with Crippen molar-refractivity contribution in [1.29, 1.82) is 5.41 Å². The van der Waals surface area contributed by atoms with Crippen LogP contribution >= 0.6 is 12.2 Å². The van der Waals surface area contributed by atoms with Gasteiger partial charge in [-0.25, -0.2) is 4.98 Å². The van der Waals surface area contributed by atoms with Gasteiger partial charge in [0.1, 0.15) is 11.3 Å². The fourth-order valence-electron chi connectivity index (χ4n) is 3.10. The summed E-state index contributed by atoms with van der Waals surface area (Å²) < 4.78 is 1.90. The van der Waals surface area contributed by atoms with Crippen LogP contribution in [0, 0.1) is 5.41 Å². The number of aromatic nitrogens is 2. The molecular formula is C13H19N5S. The number of anilines is 1. The number of rotatable bonds is 2. The van der Waals surface area contributed by atoms with Gasteiger partial charge in [0, 0.05) is 19.6 Å². The number of nitrogens with zero attached hydrogens (tertiary/aromatic N) is 4. The van der Waals surface area contributed by atoms with Crippen LogP contribution in [0.1, 0.15) is 38.3 Å². The zero-order valence-corrected chi connectivity index (χ0v) is 12.2. The molecule has 3 heterocycles. The van der Waals surface area contributed by atoms with Crippen LogP contribution in [-0.2, 0) is 6.54 Å². The molecular weight excluding hydrogens is 258 g/mol. The summed E-state index contributed by atoms with van der Waals surface area (Å²) in [7, 11) is 0. The Morgan fingerprint density at radius 2 is 2.21 bits per heavy atom. The Morgan fingerprint density at radius 3 is 2.89 bits per heavy atom. The van der Waals surface area contributed by atoms with Crippen LogP contribution < -0.4 is 10.4 Å². The summed E-state index contributed by atoms with van der Waals surface area (Å²) in [5, 5.41) is 9.31. The minimum atomic E-state index is 0.254. The average molecular weight is 277 g/mol. The lowest BCUT2D eigenvalue weighted by atomic mass is 10.0. The Labute approximate surface area is 118 Å². The van der Waals surface area contributed by atoms with Crippen LogP contribution in [0.4, 0.5) is 5.82 Å². The first kappa shape index (κ1) is 12.6. The summed E-state index contributed by atoms with van der Waals surface area (Å²) in [6, 6.07) is 0.254. The Morgan fingerprint density at radius 1 is 1.42 bits per heavy atom. The quantitative estimate of drug-likeness (QED) is 0.835. The van der Waals surface area contributed by atoms with E-state index in [1.54, 1.807) is 6.33 Å². The summed E-state index contributed by atoms with van der Waals surface area (Å²) in [5.74, 6) is 0.894. The monoisotopic (exact) mass is 277 g/mol. The number of hydrogen-bond donors (Lipinski definition) is 1. The van der Waals surface area contributed by atoms with Gasteiger partial charge in [-0.15, -0.1) is 0 Å². The second kappa shape index (κ2) is 4.59. The van der Waals surface area contributed by atoms with Crippen LogP contribution in [-0.4, -0.2) is 32.7 Å². The van der Waals surface area contributed by atoms with Gasteiger partial charge in [-0.05, 0) is 38.9 Å². The normalized spacial score (nSPS) is 21.6. The first-order valence-electron chi connectivity index (χ1n) is 6.91. The van der Waals surface area contributed by atoms with Gasteiger partial charge in [0.25, 0.3) is 0 Å². The van der Waals surface area contributed by atoms with Crippen LogP contribution in [0.25, 0.3) is 0 Å². The molecule has 0 bridgehead atoms. The van der Waals surface area contributed by atoms with Crippen molar-refractivity contribution in [2.75, 3.05) is 18.0 Å². The standard InChI is InChI=1S/C13H19N5S/c1-3-16-8-15-12-10(11(16)14)9-6-5-7-18(9)13(19)17(12)4-2/h8-9,14H,3-7H2,1-2H3. The van der Waals surface area contributed by atoms with Gasteiger partial charge in [-0.3, -0.25) is 5.41 Å². The number of aryl methyl sites for hydroxylation is 1. The van der Waals surface area contributed by atoms with Crippen molar-refractivity contribution < 1.29 is 0 Å². The third kappa shape index (κ3) is 1.69. The highest BCUT2D eigenvalue weighted by molar-refractivity contribution is 7.80. The minimum absolute atomic E-state index is 0.254. The van der Waals surface area contributed by atoms with E-state index < -0.39 is 0 Å². The van der Waals surface area contributed by atoms with E-state index in [1.807, 2.05) is 11.5 Å². The van der Waals surface area contributed by atoms with E-state index in [1.165, 1.54) is 0 Å². The maximum atomic E-state index is 8.43. The fraction of sp³-hybridized carbons (Fsp3) is 0.615. The smallest absolute Gasteiger partial charge is 0.177 e. The van der Waals surface area contributed by atoms with Crippen molar-refractivity contribution in [3.05, 3.63) is 17.4 Å². The molecule has 1 fully saturated rings. The Kier molecular flexibility index (Phi) is 3.05. The summed E-state index contributed by atoms with van der Waals surface area (Å²) in [5.41, 5.74) is 1.64. The lowest BCUT2D eigenvalue weighted by molar-refractivity contribution is 0.380. The molecule has 5 nitrogen and oxygen atoms in total. The highest BCUT2D eigenvalue weighted by Gasteiger charge is 2.39. The van der Waals surface area contributed by atoms with E-state index in [2.05, 4.69) is 21.7 Å². The topological polar surface area (TPSA) is 48.2 Å². The van der Waals surface area contributed by atoms with Crippen LogP contribution in [0.15, 0.2) is 6.33 Å². The van der Waals surface area contributed by atoms with E-state index in [0.717, 1.165) is 49.0 Å². The molecule has 19 heavy (non-hydrogen) atoms. The summed E-state index contributed by atoms with van der Waals surface area (Å²) in [6.45, 7) is 6.71. The molecule has 1 N–H and O–H groups in total. The second-order valence-electron chi connectivity index (χ2n) is 4.99. The predicted octanol–water partition coefficient (Wildman–Crippen LogP) is 1.64. The first-order valence-corrected chi connectivity index (χ1v) is 7.31. The Hall–Kier alpha value is -1.43. The molecule has 1 aromatic rings. The molecule has 1 atom stereocenters. The lowest BCUT2D eigenvalue weighted by Gasteiger charge is -2.40. The fourth-order valence-corrected chi connectivity index (χ4v) is 3.53. The summed E-state index contributed by atoms with van der Waals surface area (Å²) >= 11 is 5.59. The third-order valence-electron chi connectivity index (χ3n) is 4.08. The highest BCUT2D eigenvalue weighted by Crippen LogP contribution is 2.39. The molecule has 2 aliphatic heterocycles. The Bertz CT molecular complexity index is 579. The predicted molar refractivity (Wildman–Crippen MR) is 78.1 cm³/mol.